The highest BCUT2D eigenvalue weighted by molar-refractivity contribution is 7.99. The van der Waals surface area contributed by atoms with Crippen molar-refractivity contribution in [2.24, 2.45) is 0 Å². The van der Waals surface area contributed by atoms with Crippen LogP contribution >= 0.6 is 19.4 Å². The standard InChI is InChI=1S/C17H16F6N5O5PS/c1-30-10-2-4-11(5-3-10)35-14-12-13(26-15(24)27-14)28(8-25-12)6-7-31-9-34(29,32-16(18,19)20)33-17(21,22)23/h2-5,8H,6-7,9H2,1H3,(H2,24,26,27). The van der Waals surface area contributed by atoms with Gasteiger partial charge in [-0.1, -0.05) is 11.8 Å². The number of ether oxygens (including phenoxy) is 2. The van der Waals surface area contributed by atoms with Gasteiger partial charge in [-0.2, -0.15) is 4.98 Å². The third-order valence-electron chi connectivity index (χ3n) is 3.93. The van der Waals surface area contributed by atoms with Gasteiger partial charge >= 0.3 is 20.3 Å². The van der Waals surface area contributed by atoms with E-state index in [0.717, 1.165) is 4.90 Å². The Labute approximate surface area is 197 Å². The van der Waals surface area contributed by atoms with Gasteiger partial charge in [-0.05, 0) is 24.3 Å². The monoisotopic (exact) mass is 547 g/mol. The molecule has 10 nitrogen and oxygen atoms in total. The minimum atomic E-state index is -5.73. The summed E-state index contributed by atoms with van der Waals surface area (Å²) in [5, 5.41) is 0.402. The van der Waals surface area contributed by atoms with Crippen LogP contribution in [0.5, 0.6) is 5.75 Å². The molecule has 0 aliphatic carbocycles. The molecule has 0 saturated heterocycles. The van der Waals surface area contributed by atoms with Crippen LogP contribution in [-0.2, 0) is 24.9 Å². The molecular weight excluding hydrogens is 531 g/mol. The number of rotatable bonds is 10. The molecule has 35 heavy (non-hydrogen) atoms. The molecule has 0 spiro atoms. The highest BCUT2D eigenvalue weighted by Gasteiger charge is 2.48. The topological polar surface area (TPSA) is 124 Å². The van der Waals surface area contributed by atoms with E-state index in [0.29, 0.717) is 16.3 Å². The van der Waals surface area contributed by atoms with Crippen LogP contribution in [0.3, 0.4) is 0 Å². The van der Waals surface area contributed by atoms with E-state index in [1.807, 2.05) is 0 Å². The van der Waals surface area contributed by atoms with Crippen LogP contribution in [-0.4, -0.2) is 52.3 Å². The van der Waals surface area contributed by atoms with Gasteiger partial charge in [0.15, 0.2) is 5.65 Å². The predicted molar refractivity (Wildman–Crippen MR) is 110 cm³/mol. The minimum absolute atomic E-state index is 0.0992. The number of benzene rings is 1. The number of halogens is 6. The van der Waals surface area contributed by atoms with Crippen molar-refractivity contribution in [3.63, 3.8) is 0 Å². The van der Waals surface area contributed by atoms with Crippen molar-refractivity contribution in [1.29, 1.82) is 0 Å². The van der Waals surface area contributed by atoms with Crippen molar-refractivity contribution in [3.05, 3.63) is 30.6 Å². The zero-order valence-corrected chi connectivity index (χ0v) is 19.2. The fraction of sp³-hybridized carbons (Fsp3) is 0.353. The van der Waals surface area contributed by atoms with Gasteiger partial charge in [-0.3, -0.25) is 4.57 Å². The number of nitrogens with zero attached hydrogens (tertiary/aromatic N) is 4. The number of imidazole rings is 1. The van der Waals surface area contributed by atoms with Crippen LogP contribution in [0, 0.1) is 0 Å². The van der Waals surface area contributed by atoms with Gasteiger partial charge in [0, 0.05) is 11.4 Å². The van der Waals surface area contributed by atoms with E-state index in [4.69, 9.17) is 15.2 Å². The van der Waals surface area contributed by atoms with E-state index in [9.17, 15) is 30.9 Å². The lowest BCUT2D eigenvalue weighted by Gasteiger charge is -2.20. The van der Waals surface area contributed by atoms with E-state index >= 15 is 0 Å². The molecule has 0 atom stereocenters. The number of aromatic nitrogens is 4. The smallest absolute Gasteiger partial charge is 0.497 e. The Morgan fingerprint density at radius 3 is 2.26 bits per heavy atom. The van der Waals surface area contributed by atoms with Crippen LogP contribution in [0.4, 0.5) is 32.3 Å². The number of hydrogen-bond acceptors (Lipinski definition) is 10. The Kier molecular flexibility index (Phi) is 8.16. The molecule has 18 heteroatoms. The first-order valence-corrected chi connectivity index (χ1v) is 11.8. The normalized spacial score (nSPS) is 12.9. The number of alkyl halides is 6. The molecule has 0 aliphatic rings. The number of nitrogens with two attached hydrogens (primary N) is 1. The zero-order chi connectivity index (χ0) is 25.9. The van der Waals surface area contributed by atoms with Crippen molar-refractivity contribution in [2.75, 3.05) is 25.8 Å². The van der Waals surface area contributed by atoms with Crippen LogP contribution in [0.25, 0.3) is 11.2 Å². The fourth-order valence-electron chi connectivity index (χ4n) is 2.65. The number of anilines is 1. The van der Waals surface area contributed by atoms with E-state index in [2.05, 4.69) is 24.0 Å². The molecule has 0 amide bonds. The van der Waals surface area contributed by atoms with Crippen LogP contribution in [0.1, 0.15) is 0 Å². The first-order chi connectivity index (χ1) is 16.3. The summed E-state index contributed by atoms with van der Waals surface area (Å²) >= 11 is 1.23. The van der Waals surface area contributed by atoms with Gasteiger partial charge in [-0.25, -0.2) is 19.0 Å². The van der Waals surface area contributed by atoms with Crippen molar-refractivity contribution < 1.29 is 49.4 Å². The summed E-state index contributed by atoms with van der Waals surface area (Å²) in [7, 11) is -4.21. The fourth-order valence-corrected chi connectivity index (χ4v) is 4.65. The largest absolute Gasteiger partial charge is 0.529 e. The molecule has 0 aliphatic heterocycles. The lowest BCUT2D eigenvalue weighted by atomic mass is 10.3. The molecule has 2 N–H and O–H groups in total. The second-order valence-corrected chi connectivity index (χ2v) is 9.40. The minimum Gasteiger partial charge on any atom is -0.497 e. The Hall–Kier alpha value is -2.59. The predicted octanol–water partition coefficient (Wildman–Crippen LogP) is 4.81. The summed E-state index contributed by atoms with van der Waals surface area (Å²) < 4.78 is 103. The molecule has 0 fully saturated rings. The zero-order valence-electron chi connectivity index (χ0n) is 17.5. The molecule has 0 radical (unpaired) electrons. The molecule has 0 bridgehead atoms. The quantitative estimate of drug-likeness (QED) is 0.164. The summed E-state index contributed by atoms with van der Waals surface area (Å²) in [6.07, 6.45) is -11.6. The van der Waals surface area contributed by atoms with Gasteiger partial charge in [0.25, 0.3) is 0 Å². The summed E-state index contributed by atoms with van der Waals surface area (Å²) in [4.78, 5) is 13.2. The van der Waals surface area contributed by atoms with Crippen LogP contribution < -0.4 is 10.5 Å². The third kappa shape index (κ3) is 7.96. The molecule has 3 aromatic rings. The lowest BCUT2D eigenvalue weighted by Crippen LogP contribution is -2.21. The summed E-state index contributed by atoms with van der Waals surface area (Å²) in [6.45, 7) is -0.625. The average molecular weight is 547 g/mol. The lowest BCUT2D eigenvalue weighted by molar-refractivity contribution is -0.308. The van der Waals surface area contributed by atoms with Gasteiger partial charge in [0.1, 0.15) is 22.6 Å². The van der Waals surface area contributed by atoms with Crippen molar-refractivity contribution >= 4 is 36.5 Å². The van der Waals surface area contributed by atoms with Crippen molar-refractivity contribution in [2.45, 2.75) is 29.2 Å². The summed E-state index contributed by atoms with van der Waals surface area (Å²) in [6, 6.07) is 7.04. The van der Waals surface area contributed by atoms with Crippen molar-refractivity contribution in [3.8, 4) is 5.75 Å². The molecule has 0 unspecified atom stereocenters. The Balaban J connectivity index is 1.70. The average Bonchev–Trinajstić information content (AvgIpc) is 3.12. The van der Waals surface area contributed by atoms with Gasteiger partial charge < -0.3 is 19.8 Å². The number of methoxy groups -OCH3 is 1. The maximum Gasteiger partial charge on any atom is 0.529 e. The Morgan fingerprint density at radius 1 is 1.06 bits per heavy atom. The molecule has 2 aromatic heterocycles. The molecular formula is C17H16F6N5O5PS. The second-order valence-electron chi connectivity index (χ2n) is 6.50. The maximum atomic E-state index is 12.4. The number of hydrogen-bond donors (Lipinski definition) is 1. The van der Waals surface area contributed by atoms with Crippen LogP contribution in [0.2, 0.25) is 0 Å². The van der Waals surface area contributed by atoms with E-state index in [-0.39, 0.29) is 18.1 Å². The second kappa shape index (κ2) is 10.6. The van der Waals surface area contributed by atoms with Crippen molar-refractivity contribution in [1.82, 2.24) is 19.5 Å². The first kappa shape index (κ1) is 27.0. The molecule has 1 aromatic carbocycles. The number of fused-ring (bicyclic) bond motifs is 1. The SMILES string of the molecule is COc1ccc(Sc2nc(N)nc3c2ncn3CCOCP(=O)(OC(F)(F)F)OC(F)(F)F)cc1. The molecule has 2 heterocycles. The summed E-state index contributed by atoms with van der Waals surface area (Å²) in [5.74, 6) is 0.551. The highest BCUT2D eigenvalue weighted by atomic mass is 32.2. The van der Waals surface area contributed by atoms with E-state index in [1.54, 1.807) is 24.3 Å². The van der Waals surface area contributed by atoms with Gasteiger partial charge in [0.2, 0.25) is 5.95 Å². The van der Waals surface area contributed by atoms with Gasteiger partial charge in [0.05, 0.1) is 20.0 Å². The van der Waals surface area contributed by atoms with Crippen LogP contribution in [0.15, 0.2) is 40.5 Å². The Bertz CT molecular complexity index is 1190. The maximum absolute atomic E-state index is 12.4. The Morgan fingerprint density at radius 2 is 1.69 bits per heavy atom. The van der Waals surface area contributed by atoms with E-state index < -0.39 is 33.3 Å². The van der Waals surface area contributed by atoms with E-state index in [1.165, 1.54) is 29.8 Å². The molecule has 0 saturated carbocycles. The molecule has 3 rings (SSSR count). The van der Waals surface area contributed by atoms with Gasteiger partial charge in [-0.15, -0.1) is 26.3 Å². The highest BCUT2D eigenvalue weighted by Crippen LogP contribution is 2.56. The third-order valence-corrected chi connectivity index (χ3v) is 6.39. The first-order valence-electron chi connectivity index (χ1n) is 9.29. The molecule has 192 valence electrons. The summed E-state index contributed by atoms with van der Waals surface area (Å²) in [5.41, 5.74) is 6.34. The number of nitrogen functional groups attached to an aromatic ring is 1.